The second-order valence-electron chi connectivity index (χ2n) is 7.33. The molecule has 140 valence electrons. The SMILES string of the molecule is O=C1N[C@](Cc2ccccc2)(C2CCNCC2)C(=O)N1Cc1ccncc1. The number of aromatic nitrogens is 1. The number of imide groups is 1. The molecule has 6 heteroatoms. The smallest absolute Gasteiger partial charge is 0.322 e. The number of nitrogens with zero attached hydrogens (tertiary/aromatic N) is 2. The minimum Gasteiger partial charge on any atom is -0.322 e. The quantitative estimate of drug-likeness (QED) is 0.797. The van der Waals surface area contributed by atoms with Crippen LogP contribution in [-0.4, -0.2) is 40.5 Å². The van der Waals surface area contributed by atoms with Gasteiger partial charge in [-0.1, -0.05) is 30.3 Å². The molecule has 3 amide bonds. The predicted octanol–water partition coefficient (Wildman–Crippen LogP) is 2.11. The van der Waals surface area contributed by atoms with Gasteiger partial charge in [0.2, 0.25) is 0 Å². The lowest BCUT2D eigenvalue weighted by molar-refractivity contribution is -0.134. The summed E-state index contributed by atoms with van der Waals surface area (Å²) >= 11 is 0. The largest absolute Gasteiger partial charge is 0.325 e. The van der Waals surface area contributed by atoms with Crippen molar-refractivity contribution in [3.05, 3.63) is 66.0 Å². The molecule has 0 radical (unpaired) electrons. The molecule has 27 heavy (non-hydrogen) atoms. The number of benzene rings is 1. The molecule has 2 aliphatic rings. The molecule has 6 nitrogen and oxygen atoms in total. The van der Waals surface area contributed by atoms with Crippen molar-refractivity contribution in [1.82, 2.24) is 20.5 Å². The molecule has 4 rings (SSSR count). The zero-order valence-electron chi connectivity index (χ0n) is 15.2. The molecular formula is C21H24N4O2. The van der Waals surface area contributed by atoms with Gasteiger partial charge in [0.05, 0.1) is 6.54 Å². The normalized spacial score (nSPS) is 23.5. The summed E-state index contributed by atoms with van der Waals surface area (Å²) < 4.78 is 0. The fourth-order valence-corrected chi connectivity index (χ4v) is 4.23. The van der Waals surface area contributed by atoms with Crippen molar-refractivity contribution in [3.63, 3.8) is 0 Å². The first kappa shape index (κ1) is 17.7. The second kappa shape index (κ2) is 7.48. The van der Waals surface area contributed by atoms with E-state index in [1.165, 1.54) is 4.90 Å². The van der Waals surface area contributed by atoms with Gasteiger partial charge in [-0.05, 0) is 55.1 Å². The molecule has 0 spiro atoms. The number of carbonyl (C=O) groups excluding carboxylic acids is 2. The Hall–Kier alpha value is -2.73. The van der Waals surface area contributed by atoms with Gasteiger partial charge < -0.3 is 10.6 Å². The molecule has 1 aromatic carbocycles. The Morgan fingerprint density at radius 1 is 1.00 bits per heavy atom. The molecule has 0 unspecified atom stereocenters. The van der Waals surface area contributed by atoms with Gasteiger partial charge in [0.25, 0.3) is 5.91 Å². The highest BCUT2D eigenvalue weighted by molar-refractivity contribution is 6.07. The van der Waals surface area contributed by atoms with Crippen LogP contribution >= 0.6 is 0 Å². The Labute approximate surface area is 159 Å². The maximum Gasteiger partial charge on any atom is 0.325 e. The van der Waals surface area contributed by atoms with Gasteiger partial charge in [-0.3, -0.25) is 14.7 Å². The first-order valence-electron chi connectivity index (χ1n) is 9.47. The second-order valence-corrected chi connectivity index (χ2v) is 7.33. The molecule has 2 fully saturated rings. The molecule has 2 aromatic rings. The van der Waals surface area contributed by atoms with E-state index in [-0.39, 0.29) is 24.4 Å². The number of pyridine rings is 1. The van der Waals surface area contributed by atoms with Crippen LogP contribution in [0.5, 0.6) is 0 Å². The summed E-state index contributed by atoms with van der Waals surface area (Å²) in [6.07, 6.45) is 5.63. The number of hydrogen-bond donors (Lipinski definition) is 2. The molecule has 3 heterocycles. The predicted molar refractivity (Wildman–Crippen MR) is 102 cm³/mol. The Morgan fingerprint density at radius 3 is 2.41 bits per heavy atom. The fourth-order valence-electron chi connectivity index (χ4n) is 4.23. The van der Waals surface area contributed by atoms with Crippen LogP contribution in [0.4, 0.5) is 4.79 Å². The number of carbonyl (C=O) groups is 2. The minimum absolute atomic E-state index is 0.111. The van der Waals surface area contributed by atoms with Crippen LogP contribution in [0, 0.1) is 5.92 Å². The molecule has 0 saturated carbocycles. The van der Waals surface area contributed by atoms with Crippen LogP contribution in [-0.2, 0) is 17.8 Å². The van der Waals surface area contributed by atoms with E-state index in [2.05, 4.69) is 15.6 Å². The first-order valence-corrected chi connectivity index (χ1v) is 9.47. The summed E-state index contributed by atoms with van der Waals surface area (Å²) in [5.41, 5.74) is 1.10. The molecular weight excluding hydrogens is 340 g/mol. The molecule has 2 N–H and O–H groups in total. The third-order valence-electron chi connectivity index (χ3n) is 5.65. The average Bonchev–Trinajstić information content (AvgIpc) is 2.95. The summed E-state index contributed by atoms with van der Waals surface area (Å²) in [5, 5.41) is 6.45. The number of rotatable bonds is 5. The molecule has 1 aromatic heterocycles. The highest BCUT2D eigenvalue weighted by atomic mass is 16.2. The molecule has 2 aliphatic heterocycles. The Balaban J connectivity index is 1.65. The van der Waals surface area contributed by atoms with Gasteiger partial charge in [-0.2, -0.15) is 0 Å². The van der Waals surface area contributed by atoms with Crippen LogP contribution in [0.2, 0.25) is 0 Å². The maximum atomic E-state index is 13.6. The number of nitrogens with one attached hydrogen (secondary N) is 2. The highest BCUT2D eigenvalue weighted by Gasteiger charge is 2.55. The number of piperidine rings is 1. The fraction of sp³-hybridized carbons (Fsp3) is 0.381. The van der Waals surface area contributed by atoms with E-state index in [9.17, 15) is 9.59 Å². The van der Waals surface area contributed by atoms with Crippen molar-refractivity contribution in [3.8, 4) is 0 Å². The molecule has 0 bridgehead atoms. The topological polar surface area (TPSA) is 74.3 Å². The van der Waals surface area contributed by atoms with Crippen LogP contribution < -0.4 is 10.6 Å². The third kappa shape index (κ3) is 3.45. The van der Waals surface area contributed by atoms with Gasteiger partial charge in [0.15, 0.2) is 0 Å². The lowest BCUT2D eigenvalue weighted by Gasteiger charge is -2.38. The van der Waals surface area contributed by atoms with Gasteiger partial charge in [-0.25, -0.2) is 4.79 Å². The van der Waals surface area contributed by atoms with Crippen LogP contribution in [0.25, 0.3) is 0 Å². The lowest BCUT2D eigenvalue weighted by atomic mass is 9.74. The standard InChI is InChI=1S/C21H24N4O2/c26-19-21(18-8-12-23-13-9-18,14-16-4-2-1-3-5-16)24-20(27)25(19)15-17-6-10-22-11-7-17/h1-7,10-11,18,23H,8-9,12-15H2,(H,24,27)/t21-/m1/s1. The van der Waals surface area contributed by atoms with E-state index in [0.29, 0.717) is 6.42 Å². The van der Waals surface area contributed by atoms with Crippen LogP contribution in [0.15, 0.2) is 54.9 Å². The van der Waals surface area contributed by atoms with E-state index in [1.807, 2.05) is 42.5 Å². The maximum absolute atomic E-state index is 13.6. The van der Waals surface area contributed by atoms with Gasteiger partial charge in [0.1, 0.15) is 5.54 Å². The van der Waals surface area contributed by atoms with Crippen molar-refractivity contribution in [2.45, 2.75) is 31.3 Å². The zero-order chi connectivity index (χ0) is 18.7. The van der Waals surface area contributed by atoms with E-state index < -0.39 is 5.54 Å². The highest BCUT2D eigenvalue weighted by Crippen LogP contribution is 2.35. The number of hydrogen-bond acceptors (Lipinski definition) is 4. The van der Waals surface area contributed by atoms with Gasteiger partial charge in [-0.15, -0.1) is 0 Å². The Kier molecular flexibility index (Phi) is 4.90. The summed E-state index contributed by atoms with van der Waals surface area (Å²) in [4.78, 5) is 31.7. The molecule has 1 atom stereocenters. The monoisotopic (exact) mass is 364 g/mol. The summed E-state index contributed by atoms with van der Waals surface area (Å²) in [7, 11) is 0. The summed E-state index contributed by atoms with van der Waals surface area (Å²) in [6.45, 7) is 2.01. The minimum atomic E-state index is -0.867. The number of urea groups is 1. The van der Waals surface area contributed by atoms with Crippen LogP contribution in [0.1, 0.15) is 24.0 Å². The van der Waals surface area contributed by atoms with E-state index >= 15 is 0 Å². The average molecular weight is 364 g/mol. The van der Waals surface area contributed by atoms with Gasteiger partial charge in [0, 0.05) is 18.8 Å². The van der Waals surface area contributed by atoms with E-state index in [0.717, 1.165) is 37.1 Å². The van der Waals surface area contributed by atoms with Crippen molar-refractivity contribution in [1.29, 1.82) is 0 Å². The summed E-state index contributed by atoms with van der Waals surface area (Å²) in [6, 6.07) is 13.3. The van der Waals surface area contributed by atoms with E-state index in [4.69, 9.17) is 0 Å². The number of amides is 3. The zero-order valence-corrected chi connectivity index (χ0v) is 15.2. The van der Waals surface area contributed by atoms with E-state index in [1.54, 1.807) is 12.4 Å². The third-order valence-corrected chi connectivity index (χ3v) is 5.65. The van der Waals surface area contributed by atoms with Gasteiger partial charge >= 0.3 is 6.03 Å². The van der Waals surface area contributed by atoms with Crippen LogP contribution in [0.3, 0.4) is 0 Å². The molecule has 2 saturated heterocycles. The molecule has 0 aliphatic carbocycles. The lowest BCUT2D eigenvalue weighted by Crippen LogP contribution is -2.57. The Morgan fingerprint density at radius 2 is 1.70 bits per heavy atom. The van der Waals surface area contributed by atoms with Crippen molar-refractivity contribution >= 4 is 11.9 Å². The Bertz CT molecular complexity index is 805. The first-order chi connectivity index (χ1) is 13.2. The van der Waals surface area contributed by atoms with Crippen molar-refractivity contribution in [2.24, 2.45) is 5.92 Å². The van der Waals surface area contributed by atoms with Crippen molar-refractivity contribution < 1.29 is 9.59 Å². The van der Waals surface area contributed by atoms with Crippen molar-refractivity contribution in [2.75, 3.05) is 13.1 Å². The summed E-state index contributed by atoms with van der Waals surface area (Å²) in [5.74, 6) is 0.0120.